The van der Waals surface area contributed by atoms with Gasteiger partial charge >= 0.3 is 0 Å². The Morgan fingerprint density at radius 3 is 2.09 bits per heavy atom. The predicted octanol–water partition coefficient (Wildman–Crippen LogP) is 5.23. The van der Waals surface area contributed by atoms with Crippen LogP contribution in [0, 0.1) is 12.7 Å². The van der Waals surface area contributed by atoms with Crippen molar-refractivity contribution in [1.29, 1.82) is 0 Å². The lowest BCUT2D eigenvalue weighted by Crippen LogP contribution is -2.54. The minimum atomic E-state index is -0.750. The van der Waals surface area contributed by atoms with E-state index < -0.39 is 17.4 Å². The van der Waals surface area contributed by atoms with Gasteiger partial charge in [-0.05, 0) is 56.0 Å². The monoisotopic (exact) mass is 460 g/mol. The predicted molar refractivity (Wildman–Crippen MR) is 134 cm³/mol. The summed E-state index contributed by atoms with van der Waals surface area (Å²) < 4.78 is 14.4. The van der Waals surface area contributed by atoms with Crippen LogP contribution < -0.4 is 5.32 Å². The van der Waals surface area contributed by atoms with Crippen molar-refractivity contribution < 1.29 is 14.0 Å². The third kappa shape index (κ3) is 7.01. The van der Waals surface area contributed by atoms with Crippen LogP contribution in [0.15, 0.2) is 78.9 Å². The van der Waals surface area contributed by atoms with E-state index in [2.05, 4.69) is 5.32 Å². The SMILES string of the molecule is Cc1ccccc1CN(C(=O)Cc1ccccc1F)[C@@H](Cc1ccccc1)C(=O)NC(C)(C)C. The molecule has 2 amide bonds. The number of rotatable bonds is 8. The number of hydrogen-bond acceptors (Lipinski definition) is 2. The lowest BCUT2D eigenvalue weighted by atomic mass is 9.99. The summed E-state index contributed by atoms with van der Waals surface area (Å²) in [5.41, 5.74) is 2.78. The molecule has 5 heteroatoms. The molecule has 0 fully saturated rings. The fourth-order valence-corrected chi connectivity index (χ4v) is 3.88. The average molecular weight is 461 g/mol. The first-order valence-electron chi connectivity index (χ1n) is 11.6. The van der Waals surface area contributed by atoms with E-state index >= 15 is 0 Å². The van der Waals surface area contributed by atoms with E-state index in [0.717, 1.165) is 16.7 Å². The normalized spacial score (nSPS) is 12.1. The molecule has 0 aliphatic heterocycles. The van der Waals surface area contributed by atoms with Gasteiger partial charge in [-0.2, -0.15) is 0 Å². The maximum Gasteiger partial charge on any atom is 0.243 e. The van der Waals surface area contributed by atoms with E-state index in [-0.39, 0.29) is 24.8 Å². The zero-order chi connectivity index (χ0) is 24.7. The van der Waals surface area contributed by atoms with Crippen LogP contribution >= 0.6 is 0 Å². The molecule has 0 aliphatic rings. The van der Waals surface area contributed by atoms with Crippen LogP contribution in [0.2, 0.25) is 0 Å². The Kier molecular flexibility index (Phi) is 8.21. The molecule has 0 spiro atoms. The summed E-state index contributed by atoms with van der Waals surface area (Å²) in [6.45, 7) is 7.98. The van der Waals surface area contributed by atoms with Crippen LogP contribution in [0.25, 0.3) is 0 Å². The fraction of sp³-hybridized carbons (Fsp3) is 0.310. The van der Waals surface area contributed by atoms with Crippen LogP contribution in [0.3, 0.4) is 0 Å². The second kappa shape index (κ2) is 11.1. The molecule has 178 valence electrons. The van der Waals surface area contributed by atoms with Gasteiger partial charge in [-0.25, -0.2) is 4.39 Å². The second-order valence-electron chi connectivity index (χ2n) is 9.66. The number of amides is 2. The molecule has 0 radical (unpaired) electrons. The molecule has 0 heterocycles. The molecule has 34 heavy (non-hydrogen) atoms. The van der Waals surface area contributed by atoms with Crippen LogP contribution in [-0.2, 0) is 29.0 Å². The molecule has 4 nitrogen and oxygen atoms in total. The van der Waals surface area contributed by atoms with E-state index in [1.54, 1.807) is 23.1 Å². The summed E-state index contributed by atoms with van der Waals surface area (Å²) in [5.74, 6) is -0.949. The van der Waals surface area contributed by atoms with Gasteiger partial charge in [0.15, 0.2) is 0 Å². The quantitative estimate of drug-likeness (QED) is 0.500. The number of carbonyl (C=O) groups excluding carboxylic acids is 2. The maximum absolute atomic E-state index is 14.4. The van der Waals surface area contributed by atoms with Crippen LogP contribution in [-0.4, -0.2) is 28.3 Å². The molecule has 0 saturated heterocycles. The van der Waals surface area contributed by atoms with Gasteiger partial charge in [0.1, 0.15) is 11.9 Å². The molecule has 1 N–H and O–H groups in total. The molecular formula is C29H33FN2O2. The van der Waals surface area contributed by atoms with Gasteiger partial charge in [0.2, 0.25) is 11.8 Å². The van der Waals surface area contributed by atoms with E-state index in [4.69, 9.17) is 0 Å². The Morgan fingerprint density at radius 2 is 1.47 bits per heavy atom. The van der Waals surface area contributed by atoms with Gasteiger partial charge in [0, 0.05) is 18.5 Å². The summed E-state index contributed by atoms with van der Waals surface area (Å²) in [7, 11) is 0. The van der Waals surface area contributed by atoms with Crippen molar-refractivity contribution >= 4 is 11.8 Å². The second-order valence-corrected chi connectivity index (χ2v) is 9.66. The van der Waals surface area contributed by atoms with Crippen molar-refractivity contribution in [3.05, 3.63) is 107 Å². The van der Waals surface area contributed by atoms with Gasteiger partial charge in [-0.3, -0.25) is 9.59 Å². The largest absolute Gasteiger partial charge is 0.350 e. The first kappa shape index (κ1) is 25.2. The third-order valence-electron chi connectivity index (χ3n) is 5.67. The number of nitrogens with zero attached hydrogens (tertiary/aromatic N) is 1. The van der Waals surface area contributed by atoms with Gasteiger partial charge < -0.3 is 10.2 Å². The number of benzene rings is 3. The van der Waals surface area contributed by atoms with Gasteiger partial charge in [0.25, 0.3) is 0 Å². The summed E-state index contributed by atoms with van der Waals surface area (Å²) in [4.78, 5) is 28.8. The Hall–Kier alpha value is -3.47. The summed E-state index contributed by atoms with van der Waals surface area (Å²) in [6, 6.07) is 23.0. The van der Waals surface area contributed by atoms with E-state index in [9.17, 15) is 14.0 Å². The smallest absolute Gasteiger partial charge is 0.243 e. The lowest BCUT2D eigenvalue weighted by molar-refractivity contribution is -0.141. The average Bonchev–Trinajstić information content (AvgIpc) is 2.78. The van der Waals surface area contributed by atoms with E-state index in [1.807, 2.05) is 82.3 Å². The topological polar surface area (TPSA) is 49.4 Å². The number of hydrogen-bond donors (Lipinski definition) is 1. The first-order valence-corrected chi connectivity index (χ1v) is 11.6. The molecule has 3 aromatic carbocycles. The Balaban J connectivity index is 2.01. The van der Waals surface area contributed by atoms with Crippen LogP contribution in [0.4, 0.5) is 4.39 Å². The van der Waals surface area contributed by atoms with Crippen molar-refractivity contribution in [2.75, 3.05) is 0 Å². The number of aryl methyl sites for hydroxylation is 1. The minimum Gasteiger partial charge on any atom is -0.350 e. The highest BCUT2D eigenvalue weighted by molar-refractivity contribution is 5.89. The van der Waals surface area contributed by atoms with E-state index in [0.29, 0.717) is 12.0 Å². The van der Waals surface area contributed by atoms with Gasteiger partial charge in [-0.15, -0.1) is 0 Å². The van der Waals surface area contributed by atoms with E-state index in [1.165, 1.54) is 6.07 Å². The molecule has 0 unspecified atom stereocenters. The van der Waals surface area contributed by atoms with Crippen molar-refractivity contribution in [3.8, 4) is 0 Å². The molecule has 0 aliphatic carbocycles. The molecular weight excluding hydrogens is 427 g/mol. The lowest BCUT2D eigenvalue weighted by Gasteiger charge is -2.34. The minimum absolute atomic E-state index is 0.118. The molecule has 3 aromatic rings. The molecule has 0 bridgehead atoms. The highest BCUT2D eigenvalue weighted by Crippen LogP contribution is 2.20. The van der Waals surface area contributed by atoms with Crippen molar-refractivity contribution in [1.82, 2.24) is 10.2 Å². The molecule has 3 rings (SSSR count). The summed E-state index contributed by atoms with van der Waals surface area (Å²) in [6.07, 6.45) is 0.240. The zero-order valence-electron chi connectivity index (χ0n) is 20.3. The molecule has 0 saturated carbocycles. The first-order chi connectivity index (χ1) is 16.1. The summed E-state index contributed by atoms with van der Waals surface area (Å²) in [5, 5.41) is 3.04. The zero-order valence-corrected chi connectivity index (χ0v) is 20.3. The molecule has 0 aromatic heterocycles. The highest BCUT2D eigenvalue weighted by Gasteiger charge is 2.32. The summed E-state index contributed by atoms with van der Waals surface area (Å²) >= 11 is 0. The Bertz CT molecular complexity index is 1120. The fourth-order valence-electron chi connectivity index (χ4n) is 3.88. The van der Waals surface area contributed by atoms with Gasteiger partial charge in [-0.1, -0.05) is 72.8 Å². The van der Waals surface area contributed by atoms with Crippen LogP contribution in [0.5, 0.6) is 0 Å². The van der Waals surface area contributed by atoms with Crippen molar-refractivity contribution in [2.24, 2.45) is 0 Å². The highest BCUT2D eigenvalue weighted by atomic mass is 19.1. The maximum atomic E-state index is 14.4. The van der Waals surface area contributed by atoms with Gasteiger partial charge in [0.05, 0.1) is 6.42 Å². The van der Waals surface area contributed by atoms with Crippen LogP contribution in [0.1, 0.15) is 43.0 Å². The number of halogens is 1. The van der Waals surface area contributed by atoms with Crippen molar-refractivity contribution in [2.45, 2.75) is 58.7 Å². The third-order valence-corrected chi connectivity index (χ3v) is 5.67. The number of carbonyl (C=O) groups is 2. The van der Waals surface area contributed by atoms with Crippen molar-refractivity contribution in [3.63, 3.8) is 0 Å². The molecule has 1 atom stereocenters. The number of nitrogens with one attached hydrogen (secondary N) is 1. The standard InChI is InChI=1S/C29H33FN2O2/c1-21-12-8-9-16-24(21)20-32(27(33)19-23-15-10-11-17-25(23)30)26(28(34)31-29(2,3)4)18-22-13-6-5-7-14-22/h5-17,26H,18-20H2,1-4H3,(H,31,34)/t26-/m0/s1. The Morgan fingerprint density at radius 1 is 0.882 bits per heavy atom. The Labute approximate surface area is 201 Å².